The molecule has 0 saturated heterocycles. The van der Waals surface area contributed by atoms with Gasteiger partial charge < -0.3 is 77.7 Å². The number of nitriles is 2. The first kappa shape index (κ1) is 122. The summed E-state index contributed by atoms with van der Waals surface area (Å²) in [5.74, 6) is 0. The summed E-state index contributed by atoms with van der Waals surface area (Å²) in [6.07, 6.45) is -0.292. The zero-order chi connectivity index (χ0) is 115. The number of aliphatic hydroxyl groups excluding tert-OH is 8. The molecule has 5 rings (SSSR count). The number of hydrogen-bond donors (Lipinski definition) is 8. The Kier molecular flexibility index (Phi) is 74.5. The standard InChI is InChI=1S/2C17H26N3O4P.2C15H32N3OP.C8H9NO4.2C8H9NO3.CH3Cl.4CH4O/c2*1-13(2)19(14(3)4)25(23-10-9-18-6)24-12-16-8-7-15(5)17(11-16)20(21)22;2*1-12(2)17(13(3)4)20(19-11-9-10-16)18(14(5)6)15(7)8;10-4-6-1-2-7(5-11)8(3-6)9(12)13;1-6-2-3-7(5-10)4-8(6)9(11)12;1-6-2-3-7(5-10)8(4-6)9(11)12;5*1-2/h2*7-8,11,13-14H,9-10,12H2,1-5H3;2*12-15H,9,11H2,1-8H3;1-3,10-11H,4-5H2;2*2-4,10H,5H2,1H3;1H3;4*2H,1H3/i2*5D;;;;2*1D;1TD;4*2T. The van der Waals surface area contributed by atoms with Crippen LogP contribution in [0.1, 0.15) is 243 Å². The van der Waals surface area contributed by atoms with E-state index in [-0.39, 0.29) is 157 Å². The van der Waals surface area contributed by atoms with Crippen LogP contribution in [0.4, 0.5) is 28.4 Å². The number of hydrogen-bond acceptors (Lipinski definition) is 32. The van der Waals surface area contributed by atoms with Gasteiger partial charge in [0, 0.05) is 163 Å². The number of nitrogens with zero attached hydrogens (tertiary/aromatic N) is 15. The van der Waals surface area contributed by atoms with E-state index in [0.717, 1.165) is 0 Å². The number of aliphatic hydroxyl groups is 8. The van der Waals surface area contributed by atoms with Crippen LogP contribution < -0.4 is 0 Å². The van der Waals surface area contributed by atoms with E-state index in [4.69, 9.17) is 85.2 Å². The van der Waals surface area contributed by atoms with Crippen molar-refractivity contribution in [1.29, 1.82) is 16.2 Å². The number of rotatable bonds is 45. The summed E-state index contributed by atoms with van der Waals surface area (Å²) in [4.78, 5) is 57.7. The highest BCUT2D eigenvalue weighted by Gasteiger charge is 2.37. The van der Waals surface area contributed by atoms with Gasteiger partial charge in [-0.15, -0.1) is 11.6 Å². The van der Waals surface area contributed by atoms with Gasteiger partial charge in [0.15, 0.2) is 16.9 Å². The van der Waals surface area contributed by atoms with Crippen molar-refractivity contribution in [1.82, 2.24) is 28.0 Å². The minimum absolute atomic E-state index is 0.00650. The number of alkyl halides is 1. The molecule has 0 aliphatic rings. The van der Waals surface area contributed by atoms with Gasteiger partial charge in [0.05, 0.1) is 114 Å². The van der Waals surface area contributed by atoms with Crippen molar-refractivity contribution in [3.8, 4) is 12.1 Å². The fourth-order valence-electron chi connectivity index (χ4n) is 12.2. The van der Waals surface area contributed by atoms with Gasteiger partial charge in [0.25, 0.3) is 45.5 Å². The van der Waals surface area contributed by atoms with Gasteiger partial charge >= 0.3 is 0 Å². The topological polar surface area (TPSA) is 509 Å². The Labute approximate surface area is 840 Å². The summed E-state index contributed by atoms with van der Waals surface area (Å²) < 4.78 is 113. The molecule has 8 N–H and O–H groups in total. The minimum Gasteiger partial charge on any atom is -0.400 e. The lowest BCUT2D eigenvalue weighted by Crippen LogP contribution is -2.43. The Morgan fingerprint density at radius 3 is 0.854 bits per heavy atom. The van der Waals surface area contributed by atoms with E-state index in [2.05, 4.69) is 193 Å². The first-order valence-electron chi connectivity index (χ1n) is 49.1. The summed E-state index contributed by atoms with van der Waals surface area (Å²) in [7, 11) is 0.701. The van der Waals surface area contributed by atoms with Crippen molar-refractivity contribution >= 4 is 74.0 Å². The van der Waals surface area contributed by atoms with Gasteiger partial charge in [-0.25, -0.2) is 41.2 Å². The highest BCUT2D eigenvalue weighted by atomic mass is 35.5. The number of aryl methyl sites for hydroxylation is 4. The molecule has 0 amide bonds. The lowest BCUT2D eigenvalue weighted by Gasteiger charge is -2.45. The van der Waals surface area contributed by atoms with Crippen molar-refractivity contribution in [2.45, 2.75) is 319 Å². The van der Waals surface area contributed by atoms with Crippen LogP contribution in [0.5, 0.6) is 0 Å². The predicted molar refractivity (Wildman–Crippen MR) is 550 cm³/mol. The van der Waals surface area contributed by atoms with Gasteiger partial charge in [-0.1, -0.05) is 48.5 Å². The van der Waals surface area contributed by atoms with Crippen LogP contribution in [0.2, 0.25) is 0 Å². The van der Waals surface area contributed by atoms with Crippen LogP contribution in [-0.4, -0.2) is 246 Å². The van der Waals surface area contributed by atoms with Crippen molar-refractivity contribution in [2.75, 3.05) is 74.3 Å². The molecule has 39 nitrogen and oxygen atoms in total. The third-order valence-electron chi connectivity index (χ3n) is 17.3. The predicted octanol–water partition coefficient (Wildman–Crippen LogP) is 20.8. The highest BCUT2D eigenvalue weighted by Crippen LogP contribution is 2.53. The molecule has 5 aromatic rings. The number of nitro benzene ring substituents is 5. The van der Waals surface area contributed by atoms with Crippen molar-refractivity contribution in [3.63, 3.8) is 0 Å². The molecule has 5 aromatic carbocycles. The fourth-order valence-corrected chi connectivity index (χ4v) is 20.1. The average Bonchev–Trinajstić information content (AvgIpc) is 0.822. The third kappa shape index (κ3) is 58.3. The van der Waals surface area contributed by atoms with Gasteiger partial charge in [-0.2, -0.15) is 10.5 Å². The highest BCUT2D eigenvalue weighted by molar-refractivity contribution is 7.47. The van der Waals surface area contributed by atoms with Crippen LogP contribution in [0.25, 0.3) is 9.69 Å². The SMILES string of the molecule is CC(C)N(C(C)C)P(OCCC#N)N(C(C)C)C(C)C.CC(C)N(C(C)C)P(OCCC#N)N(C(C)C)C(C)C.O=[N+]([O-])c1cc(CO)ccc1CO.[2H]C([3H])Cl.[2H]Cc1ccc(CO)c([N+](=O)[O-])c1.[2H]Cc1ccc(CO)cc1[N+](=O)[O-].[2H]Cc1ccc(COP(OCC[N+]#[C-])N(C(C)C)C(C)C)cc1[N+](=O)[O-].[2H]Cc1ccc(COP(OCC[N+]#[C-])N(C(C)C)C(C)C)cc1[N+](=O)[O-].[3H]OC.[3H]OC.[3H]OC.[3H]OC. The van der Waals surface area contributed by atoms with Crippen molar-refractivity contribution in [3.05, 3.63) is 220 Å². The minimum atomic E-state index is -1.39. The monoisotopic (exact) mass is 2050 g/mol. The first-order valence-corrected chi connectivity index (χ1v) is 48.5. The lowest BCUT2D eigenvalue weighted by atomic mass is 10.1. The van der Waals surface area contributed by atoms with Crippen LogP contribution >= 0.6 is 45.6 Å². The Balaban J connectivity index is -0.000000307. The molecule has 0 bridgehead atoms. The van der Waals surface area contributed by atoms with Crippen LogP contribution in [0.3, 0.4) is 0 Å². The molecule has 0 aromatic heterocycles. The van der Waals surface area contributed by atoms with E-state index in [1.165, 1.54) is 77.0 Å². The summed E-state index contributed by atoms with van der Waals surface area (Å²) in [6.45, 7) is 66.3. The molecule has 0 spiro atoms. The molecule has 0 fully saturated rings. The van der Waals surface area contributed by atoms with E-state index >= 15 is 0 Å². The summed E-state index contributed by atoms with van der Waals surface area (Å²) >= 11 is 4.61. The Bertz CT molecular complexity index is 4090. The maximum Gasteiger partial charge on any atom is 0.275 e. The number of halogens is 1. The van der Waals surface area contributed by atoms with Crippen LogP contribution in [-0.2, 0) is 66.8 Å². The Hall–Kier alpha value is -7.73. The summed E-state index contributed by atoms with van der Waals surface area (Å²) in [5, 5.41) is 120. The van der Waals surface area contributed by atoms with E-state index < -0.39 is 64.9 Å². The molecular weight excluding hydrogens is 1870 g/mol. The molecular formula is C93H162ClN15O24P4. The van der Waals surface area contributed by atoms with E-state index in [0.29, 0.717) is 119 Å². The molecule has 0 heterocycles. The number of nitro groups is 5. The van der Waals surface area contributed by atoms with Gasteiger partial charge in [-0.05, 0) is 234 Å². The van der Waals surface area contributed by atoms with E-state index in [9.17, 15) is 50.6 Å². The second-order valence-corrected chi connectivity index (χ2v) is 37.9. The molecule has 137 heavy (non-hydrogen) atoms. The third-order valence-corrected chi connectivity index (χ3v) is 27.5. The molecule has 3 unspecified atom stereocenters. The lowest BCUT2D eigenvalue weighted by molar-refractivity contribution is -0.386. The molecule has 0 aliphatic heterocycles. The molecule has 0 radical (unpaired) electrons. The molecule has 780 valence electrons. The Morgan fingerprint density at radius 1 is 0.387 bits per heavy atom. The van der Waals surface area contributed by atoms with Gasteiger partial charge in [-0.3, -0.25) is 50.6 Å². The zero-order valence-corrected chi connectivity index (χ0v) is 89.6. The first-order chi connectivity index (χ1) is 69.0. The zero-order valence-electron chi connectivity index (χ0n) is 95.2. The van der Waals surface area contributed by atoms with Gasteiger partial charge in [0.2, 0.25) is 18.8 Å². The van der Waals surface area contributed by atoms with E-state index in [1.54, 1.807) is 42.5 Å². The molecule has 3 atom stereocenters. The number of benzene rings is 5. The van der Waals surface area contributed by atoms with Crippen LogP contribution in [0.15, 0.2) is 91.0 Å². The smallest absolute Gasteiger partial charge is 0.275 e. The molecule has 0 aliphatic carbocycles. The fraction of sp³-hybridized carbons (Fsp3) is 0.634. The van der Waals surface area contributed by atoms with Crippen molar-refractivity contribution < 1.29 is 101 Å². The summed E-state index contributed by atoms with van der Waals surface area (Å²) in [6, 6.07) is 31.0. The van der Waals surface area contributed by atoms with Gasteiger partial charge in [0.1, 0.15) is 13.2 Å². The summed E-state index contributed by atoms with van der Waals surface area (Å²) in [5.41, 5.74) is 3.98. The second kappa shape index (κ2) is 84.0. The Morgan fingerprint density at radius 2 is 0.628 bits per heavy atom. The normalized spacial score (nSPS) is 12.4. The van der Waals surface area contributed by atoms with Crippen LogP contribution in [0, 0.1) is 114 Å². The second-order valence-electron chi connectivity index (χ2n) is 31.6. The molecule has 44 heteroatoms. The average molecular weight is 2050 g/mol. The quantitative estimate of drug-likeness (QED) is 0.00448. The largest absolute Gasteiger partial charge is 0.400 e. The van der Waals surface area contributed by atoms with E-state index in [1.807, 2.05) is 55.4 Å². The maximum atomic E-state index is 11.2. The molecule has 0 saturated carbocycles. The van der Waals surface area contributed by atoms with Crippen molar-refractivity contribution in [2.24, 2.45) is 0 Å². The maximum absolute atomic E-state index is 11.2.